The molecule has 0 spiro atoms. The smallest absolute Gasteiger partial charge is 0.146 e. The third-order valence-corrected chi connectivity index (χ3v) is 3.77. The Morgan fingerprint density at radius 3 is 2.71 bits per heavy atom. The first-order valence-electron chi connectivity index (χ1n) is 5.04. The van der Waals surface area contributed by atoms with Gasteiger partial charge in [0.15, 0.2) is 0 Å². The van der Waals surface area contributed by atoms with Crippen molar-refractivity contribution in [3.63, 3.8) is 0 Å². The molecule has 17 heavy (non-hydrogen) atoms. The molecule has 2 heterocycles. The van der Waals surface area contributed by atoms with Gasteiger partial charge in [-0.3, -0.25) is 0 Å². The molecule has 0 radical (unpaired) electrons. The van der Waals surface area contributed by atoms with Crippen LogP contribution in [0.2, 0.25) is 0 Å². The molecule has 2 N–H and O–H groups in total. The van der Waals surface area contributed by atoms with E-state index in [1.165, 1.54) is 11.2 Å². The van der Waals surface area contributed by atoms with Crippen molar-refractivity contribution in [2.24, 2.45) is 0 Å². The highest BCUT2D eigenvalue weighted by Crippen LogP contribution is 2.26. The lowest BCUT2D eigenvalue weighted by atomic mass is 10.5. The lowest BCUT2D eigenvalue weighted by Gasteiger charge is -2.08. The van der Waals surface area contributed by atoms with Gasteiger partial charge in [0.05, 0.1) is 6.54 Å². The van der Waals surface area contributed by atoms with Gasteiger partial charge in [0, 0.05) is 18.1 Å². The Bertz CT molecular complexity index is 513. The number of aryl methyl sites for hydroxylation is 1. The Balaban J connectivity index is 2.09. The summed E-state index contributed by atoms with van der Waals surface area (Å²) in [5.74, 6) is 1.52. The van der Waals surface area contributed by atoms with E-state index in [2.05, 4.69) is 41.5 Å². The number of halogens is 1. The van der Waals surface area contributed by atoms with E-state index in [1.807, 2.05) is 20.2 Å². The molecular weight excluding hydrogens is 302 g/mol. The molecule has 2 aromatic rings. The second-order valence-corrected chi connectivity index (χ2v) is 5.47. The van der Waals surface area contributed by atoms with Gasteiger partial charge < -0.3 is 10.6 Å². The van der Waals surface area contributed by atoms with Crippen LogP contribution in [-0.2, 0) is 6.54 Å². The number of hydrogen-bond acceptors (Lipinski definition) is 6. The SMILES string of the molecule is CNc1ncnc(NCc2ncc(C)s2)c1Br. The van der Waals surface area contributed by atoms with Crippen molar-refractivity contribution in [2.75, 3.05) is 17.7 Å². The van der Waals surface area contributed by atoms with Crippen LogP contribution in [0.5, 0.6) is 0 Å². The maximum atomic E-state index is 4.28. The first-order chi connectivity index (χ1) is 8.20. The summed E-state index contributed by atoms with van der Waals surface area (Å²) in [6.07, 6.45) is 3.39. The molecule has 0 atom stereocenters. The van der Waals surface area contributed by atoms with Crippen LogP contribution < -0.4 is 10.6 Å². The maximum Gasteiger partial charge on any atom is 0.146 e. The van der Waals surface area contributed by atoms with Crippen LogP contribution in [0.4, 0.5) is 11.6 Å². The van der Waals surface area contributed by atoms with Crippen LogP contribution in [0.3, 0.4) is 0 Å². The first kappa shape index (κ1) is 12.3. The van der Waals surface area contributed by atoms with E-state index in [0.29, 0.717) is 6.54 Å². The fraction of sp³-hybridized carbons (Fsp3) is 0.300. The quantitative estimate of drug-likeness (QED) is 0.908. The summed E-state index contributed by atoms with van der Waals surface area (Å²) in [5, 5.41) is 7.25. The average molecular weight is 314 g/mol. The Hall–Kier alpha value is -1.21. The monoisotopic (exact) mass is 313 g/mol. The zero-order chi connectivity index (χ0) is 12.3. The van der Waals surface area contributed by atoms with Crippen LogP contribution in [0.1, 0.15) is 9.88 Å². The van der Waals surface area contributed by atoms with Gasteiger partial charge in [0.2, 0.25) is 0 Å². The molecule has 0 saturated heterocycles. The molecule has 2 aromatic heterocycles. The fourth-order valence-electron chi connectivity index (χ4n) is 1.31. The van der Waals surface area contributed by atoms with Crippen molar-refractivity contribution in [1.29, 1.82) is 0 Å². The van der Waals surface area contributed by atoms with Gasteiger partial charge in [0.1, 0.15) is 27.4 Å². The summed E-state index contributed by atoms with van der Waals surface area (Å²) in [7, 11) is 1.82. The number of nitrogens with zero attached hydrogens (tertiary/aromatic N) is 3. The predicted molar refractivity (Wildman–Crippen MR) is 73.5 cm³/mol. The van der Waals surface area contributed by atoms with Gasteiger partial charge in [-0.25, -0.2) is 15.0 Å². The lowest BCUT2D eigenvalue weighted by molar-refractivity contribution is 1.05. The lowest BCUT2D eigenvalue weighted by Crippen LogP contribution is -2.04. The second-order valence-electron chi connectivity index (χ2n) is 3.35. The second kappa shape index (κ2) is 5.42. The maximum absolute atomic E-state index is 4.28. The van der Waals surface area contributed by atoms with Crippen LogP contribution in [0, 0.1) is 6.92 Å². The number of rotatable bonds is 4. The van der Waals surface area contributed by atoms with Gasteiger partial charge in [-0.15, -0.1) is 11.3 Å². The van der Waals surface area contributed by atoms with E-state index in [4.69, 9.17) is 0 Å². The van der Waals surface area contributed by atoms with Crippen LogP contribution >= 0.6 is 27.3 Å². The molecule has 0 aromatic carbocycles. The van der Waals surface area contributed by atoms with Crippen molar-refractivity contribution in [2.45, 2.75) is 13.5 Å². The minimum atomic E-state index is 0.664. The Morgan fingerprint density at radius 2 is 2.06 bits per heavy atom. The molecule has 0 amide bonds. The van der Waals surface area contributed by atoms with Crippen LogP contribution in [0.25, 0.3) is 0 Å². The van der Waals surface area contributed by atoms with Gasteiger partial charge in [-0.2, -0.15) is 0 Å². The Kier molecular flexibility index (Phi) is 3.90. The molecule has 2 rings (SSSR count). The third kappa shape index (κ3) is 2.92. The summed E-state index contributed by atoms with van der Waals surface area (Å²) in [6, 6.07) is 0. The predicted octanol–water partition coefficient (Wildman–Crippen LogP) is 2.66. The third-order valence-electron chi connectivity index (χ3n) is 2.10. The molecule has 0 unspecified atom stereocenters. The Labute approximate surface area is 112 Å². The van der Waals surface area contributed by atoms with Crippen LogP contribution in [-0.4, -0.2) is 22.0 Å². The van der Waals surface area contributed by atoms with Crippen molar-refractivity contribution in [1.82, 2.24) is 15.0 Å². The highest BCUT2D eigenvalue weighted by Gasteiger charge is 2.07. The standard InChI is InChI=1S/C10H12BrN5S/c1-6-3-13-7(17-6)4-14-10-8(11)9(12-2)15-5-16-10/h3,5H,4H2,1-2H3,(H2,12,14,15,16). The highest BCUT2D eigenvalue weighted by molar-refractivity contribution is 9.10. The molecule has 0 fully saturated rings. The number of nitrogens with one attached hydrogen (secondary N) is 2. The van der Waals surface area contributed by atoms with Gasteiger partial charge in [-0.05, 0) is 22.9 Å². The number of thiazole rings is 1. The average Bonchev–Trinajstić information content (AvgIpc) is 2.74. The van der Waals surface area contributed by atoms with E-state index >= 15 is 0 Å². The summed E-state index contributed by atoms with van der Waals surface area (Å²) < 4.78 is 0.829. The van der Waals surface area contributed by atoms with E-state index in [-0.39, 0.29) is 0 Å². The summed E-state index contributed by atoms with van der Waals surface area (Å²) >= 11 is 5.13. The highest BCUT2D eigenvalue weighted by atomic mass is 79.9. The summed E-state index contributed by atoms with van der Waals surface area (Å²) in [5.41, 5.74) is 0. The van der Waals surface area contributed by atoms with Gasteiger partial charge in [-0.1, -0.05) is 0 Å². The van der Waals surface area contributed by atoms with E-state index in [9.17, 15) is 0 Å². The van der Waals surface area contributed by atoms with E-state index in [0.717, 1.165) is 21.1 Å². The number of anilines is 2. The largest absolute Gasteiger partial charge is 0.372 e. The fourth-order valence-corrected chi connectivity index (χ4v) is 2.58. The molecular formula is C10H12BrN5S. The zero-order valence-electron chi connectivity index (χ0n) is 9.49. The molecule has 0 bridgehead atoms. The van der Waals surface area contributed by atoms with Crippen molar-refractivity contribution in [3.8, 4) is 0 Å². The zero-order valence-corrected chi connectivity index (χ0v) is 11.9. The molecule has 0 aliphatic heterocycles. The van der Waals surface area contributed by atoms with Crippen molar-refractivity contribution >= 4 is 38.9 Å². The van der Waals surface area contributed by atoms with Gasteiger partial charge in [0.25, 0.3) is 0 Å². The van der Waals surface area contributed by atoms with Crippen molar-refractivity contribution in [3.05, 3.63) is 26.9 Å². The molecule has 0 aliphatic rings. The Morgan fingerprint density at radius 1 is 1.29 bits per heavy atom. The van der Waals surface area contributed by atoms with Gasteiger partial charge >= 0.3 is 0 Å². The molecule has 7 heteroatoms. The van der Waals surface area contributed by atoms with E-state index in [1.54, 1.807) is 11.3 Å². The van der Waals surface area contributed by atoms with Crippen molar-refractivity contribution < 1.29 is 0 Å². The first-order valence-corrected chi connectivity index (χ1v) is 6.65. The molecule has 90 valence electrons. The molecule has 5 nitrogen and oxygen atoms in total. The summed E-state index contributed by atoms with van der Waals surface area (Å²) in [6.45, 7) is 2.71. The number of hydrogen-bond donors (Lipinski definition) is 2. The van der Waals surface area contributed by atoms with Crippen LogP contribution in [0.15, 0.2) is 17.0 Å². The number of aromatic nitrogens is 3. The minimum absolute atomic E-state index is 0.664. The topological polar surface area (TPSA) is 62.7 Å². The summed E-state index contributed by atoms with van der Waals surface area (Å²) in [4.78, 5) is 13.8. The normalized spacial score (nSPS) is 10.3. The molecule has 0 aliphatic carbocycles. The molecule has 0 saturated carbocycles. The van der Waals surface area contributed by atoms with E-state index < -0.39 is 0 Å². The minimum Gasteiger partial charge on any atom is -0.372 e.